The minimum atomic E-state index is -0.0680. The van der Waals surface area contributed by atoms with Crippen LogP contribution in [0.25, 0.3) is 173 Å². The number of hydrogen-bond donors (Lipinski definition) is 0. The largest absolute Gasteiger partial charge is 0.0616 e. The van der Waals surface area contributed by atoms with E-state index in [2.05, 4.69) is 253 Å². The van der Waals surface area contributed by atoms with Crippen LogP contribution >= 0.6 is 0 Å². The maximum Gasteiger partial charge on any atom is -0.000717 e. The average molecular weight is 1030 g/mol. The van der Waals surface area contributed by atoms with E-state index >= 15 is 0 Å². The number of hydrogen-bond acceptors (Lipinski definition) is 0. The van der Waals surface area contributed by atoms with Gasteiger partial charge >= 0.3 is 0 Å². The van der Waals surface area contributed by atoms with Crippen LogP contribution in [0.1, 0.15) is 105 Å². The molecule has 0 saturated heterocycles. The second-order valence-corrected chi connectivity index (χ2v) is 28.3. The molecule has 0 atom stereocenters. The molecular weight excluding hydrogens is 961 g/mol. The molecule has 0 radical (unpaired) electrons. The molecule has 17 rings (SSSR count). The highest BCUT2D eigenvalue weighted by atomic mass is 14.4. The maximum absolute atomic E-state index is 2.56. The van der Waals surface area contributed by atoms with Crippen LogP contribution in [-0.4, -0.2) is 0 Å². The predicted octanol–water partition coefficient (Wildman–Crippen LogP) is 23.5. The lowest BCUT2D eigenvalue weighted by Gasteiger charge is -2.28. The molecule has 17 aromatic carbocycles. The molecule has 0 aromatic heterocycles. The van der Waals surface area contributed by atoms with Gasteiger partial charge in [0.2, 0.25) is 0 Å². The Morgan fingerprint density at radius 2 is 0.475 bits per heavy atom. The molecule has 0 aliphatic heterocycles. The van der Waals surface area contributed by atoms with Crippen LogP contribution in [0.4, 0.5) is 0 Å². The van der Waals surface area contributed by atoms with E-state index in [9.17, 15) is 0 Å². The van der Waals surface area contributed by atoms with E-state index in [-0.39, 0.29) is 21.7 Å². The molecule has 384 valence electrons. The Kier molecular flexibility index (Phi) is 8.68. The van der Waals surface area contributed by atoms with Gasteiger partial charge in [0.05, 0.1) is 0 Å². The van der Waals surface area contributed by atoms with E-state index in [1.165, 1.54) is 195 Å². The molecule has 0 N–H and O–H groups in total. The number of rotatable bonds is 2. The number of fused-ring (bicyclic) bond motifs is 15. The zero-order valence-electron chi connectivity index (χ0n) is 48.2. The highest BCUT2D eigenvalue weighted by molar-refractivity contribution is 6.52. The minimum Gasteiger partial charge on any atom is -0.0616 e. The summed E-state index contributed by atoms with van der Waals surface area (Å²) in [7, 11) is 0. The molecular formula is C80H64. The molecule has 0 unspecified atom stereocenters. The van der Waals surface area contributed by atoms with E-state index in [1.807, 2.05) is 0 Å². The highest BCUT2D eigenvalue weighted by Gasteiger charge is 2.33. The topological polar surface area (TPSA) is 0 Å². The summed E-state index contributed by atoms with van der Waals surface area (Å²) in [6, 6.07) is 67.8. The lowest BCUT2D eigenvalue weighted by atomic mass is 9.76. The molecule has 0 spiro atoms. The summed E-state index contributed by atoms with van der Waals surface area (Å²) in [5, 5.41) is 38.0. The van der Waals surface area contributed by atoms with Crippen molar-refractivity contribution in [1.82, 2.24) is 0 Å². The van der Waals surface area contributed by atoms with Gasteiger partial charge in [0.25, 0.3) is 0 Å². The first-order valence-electron chi connectivity index (χ1n) is 29.2. The normalized spacial score (nSPS) is 13.8. The smallest absolute Gasteiger partial charge is 0.000717 e. The van der Waals surface area contributed by atoms with Gasteiger partial charge in [0.15, 0.2) is 0 Å². The summed E-state index contributed by atoms with van der Waals surface area (Å²) >= 11 is 0. The van der Waals surface area contributed by atoms with Gasteiger partial charge < -0.3 is 0 Å². The monoisotopic (exact) mass is 1020 g/mol. The summed E-state index contributed by atoms with van der Waals surface area (Å²) in [5.74, 6) is 0. The molecule has 0 amide bonds. The molecule has 0 nitrogen and oxygen atoms in total. The van der Waals surface area contributed by atoms with E-state index in [4.69, 9.17) is 0 Å². The van der Waals surface area contributed by atoms with Crippen LogP contribution in [0.3, 0.4) is 0 Å². The van der Waals surface area contributed by atoms with Crippen molar-refractivity contribution in [3.8, 4) is 22.3 Å². The molecule has 0 fully saturated rings. The van der Waals surface area contributed by atoms with Crippen molar-refractivity contribution in [2.75, 3.05) is 0 Å². The summed E-state index contributed by atoms with van der Waals surface area (Å²) in [6.07, 6.45) is 0. The van der Waals surface area contributed by atoms with E-state index < -0.39 is 0 Å². The second-order valence-electron chi connectivity index (χ2n) is 28.3. The van der Waals surface area contributed by atoms with Crippen molar-refractivity contribution in [2.24, 2.45) is 0 Å². The first-order chi connectivity index (χ1) is 38.2. The van der Waals surface area contributed by atoms with Crippen molar-refractivity contribution in [2.45, 2.75) is 105 Å². The lowest BCUT2D eigenvalue weighted by molar-refractivity contribution is 0.568. The Balaban J connectivity index is 1.10. The Morgan fingerprint density at radius 3 is 0.912 bits per heavy atom. The Bertz CT molecular complexity index is 5260. The Hall–Kier alpha value is -8.32. The molecule has 0 aliphatic carbocycles. The van der Waals surface area contributed by atoms with Crippen LogP contribution in [0.2, 0.25) is 0 Å². The quantitative estimate of drug-likeness (QED) is 0.120. The summed E-state index contributed by atoms with van der Waals surface area (Å²) in [6.45, 7) is 28.6. The fourth-order valence-corrected chi connectivity index (χ4v) is 15.6. The van der Waals surface area contributed by atoms with Gasteiger partial charge in [-0.3, -0.25) is 0 Å². The lowest BCUT2D eigenvalue weighted by Crippen LogP contribution is -2.16. The van der Waals surface area contributed by atoms with Crippen molar-refractivity contribution in [3.05, 3.63) is 192 Å². The van der Waals surface area contributed by atoms with Crippen molar-refractivity contribution < 1.29 is 0 Å². The molecule has 80 heavy (non-hydrogen) atoms. The standard InChI is InChI=1S/C80H64/c1-77(2,3)45-34-43(35-46(39-45)78(4,5)6)65-73-57-24-15-18-41-19-16-25-58(63(41)57)74(73)66(44-36-47(79(7,8)9)40-48(37-44)80(10,11)12)76-61-33-30-55-53-28-31-59-69-56(27-26-52(67(53)69)54-29-32-60(75(65)76)70(61)68(54)55)62-38-42-20-17-23-50-49-21-13-14-22-51(49)72(64(42)50)71(59)62/h13-40H,1-12H3. The third-order valence-corrected chi connectivity index (χ3v) is 19.5. The van der Waals surface area contributed by atoms with Gasteiger partial charge in [-0.1, -0.05) is 247 Å². The fraction of sp³-hybridized carbons (Fsp3) is 0.200. The summed E-state index contributed by atoms with van der Waals surface area (Å²) < 4.78 is 0. The van der Waals surface area contributed by atoms with Crippen LogP contribution < -0.4 is 0 Å². The summed E-state index contributed by atoms with van der Waals surface area (Å²) in [5.41, 5.74) is 10.5. The zero-order chi connectivity index (χ0) is 54.6. The SMILES string of the molecule is CC(C)(C)c1cc(-c2c3c4cccc5cccc(c3c(-c3cc(C(C)(C)C)cc(C(C)(C)C)c3)c3c6ccc7c8ccc9c%10c(ccc(c%11ccc(c23)c6c%117)c8%10)c2cc3cccc6c7ccccc7c(c36)c29)c54)cc(C(C)(C)C)c1. The van der Waals surface area contributed by atoms with Gasteiger partial charge in [0.1, 0.15) is 0 Å². The third-order valence-electron chi connectivity index (χ3n) is 19.5. The highest BCUT2D eigenvalue weighted by Crippen LogP contribution is 2.59. The molecule has 0 heterocycles. The first-order valence-corrected chi connectivity index (χ1v) is 29.2. The maximum atomic E-state index is 2.56. The van der Waals surface area contributed by atoms with Gasteiger partial charge in [-0.2, -0.15) is 0 Å². The molecule has 0 saturated carbocycles. The predicted molar refractivity (Wildman–Crippen MR) is 353 cm³/mol. The van der Waals surface area contributed by atoms with Crippen LogP contribution in [0.15, 0.2) is 170 Å². The van der Waals surface area contributed by atoms with E-state index in [0.717, 1.165) is 0 Å². The second kappa shape index (κ2) is 14.9. The number of benzene rings is 13. The summed E-state index contributed by atoms with van der Waals surface area (Å²) in [4.78, 5) is 0. The van der Waals surface area contributed by atoms with Crippen molar-refractivity contribution in [1.29, 1.82) is 0 Å². The van der Waals surface area contributed by atoms with Crippen molar-refractivity contribution >= 4 is 151 Å². The van der Waals surface area contributed by atoms with Crippen molar-refractivity contribution in [3.63, 3.8) is 0 Å². The fourth-order valence-electron chi connectivity index (χ4n) is 15.6. The first kappa shape index (κ1) is 46.6. The van der Waals surface area contributed by atoms with Gasteiger partial charge in [-0.15, -0.1) is 0 Å². The van der Waals surface area contributed by atoms with Crippen LogP contribution in [0, 0.1) is 0 Å². The third kappa shape index (κ3) is 5.87. The van der Waals surface area contributed by atoms with E-state index in [1.54, 1.807) is 0 Å². The van der Waals surface area contributed by atoms with Gasteiger partial charge in [-0.05, 0) is 223 Å². The average Bonchev–Trinajstić information content (AvgIpc) is 3.89. The molecule has 0 bridgehead atoms. The van der Waals surface area contributed by atoms with Gasteiger partial charge in [-0.25, -0.2) is 0 Å². The van der Waals surface area contributed by atoms with Crippen LogP contribution in [-0.2, 0) is 21.7 Å². The molecule has 0 heteroatoms. The minimum absolute atomic E-state index is 0.0680. The molecule has 17 aromatic rings. The zero-order valence-corrected chi connectivity index (χ0v) is 48.2. The van der Waals surface area contributed by atoms with Crippen LogP contribution in [0.5, 0.6) is 0 Å². The molecule has 0 aliphatic rings. The van der Waals surface area contributed by atoms with E-state index in [0.29, 0.717) is 0 Å². The van der Waals surface area contributed by atoms with Gasteiger partial charge in [0, 0.05) is 0 Å². The Labute approximate surface area is 467 Å². The Morgan fingerprint density at radius 1 is 0.188 bits per heavy atom.